The first-order valence-electron chi connectivity index (χ1n) is 6.04. The minimum Gasteiger partial charge on any atom is -0.492 e. The van der Waals surface area contributed by atoms with Crippen LogP contribution in [-0.2, 0) is 9.59 Å². The van der Waals surface area contributed by atoms with E-state index in [1.54, 1.807) is 12.1 Å². The van der Waals surface area contributed by atoms with Gasteiger partial charge in [0, 0.05) is 20.3 Å². The van der Waals surface area contributed by atoms with Crippen LogP contribution in [0.2, 0.25) is 0 Å². The Morgan fingerprint density at radius 1 is 1.21 bits per heavy atom. The molecule has 0 saturated heterocycles. The molecule has 0 radical (unpaired) electrons. The van der Waals surface area contributed by atoms with Crippen molar-refractivity contribution in [3.05, 3.63) is 23.3 Å². The molecular formula is C14H15NO4. The van der Waals surface area contributed by atoms with Gasteiger partial charge in [0.1, 0.15) is 5.75 Å². The van der Waals surface area contributed by atoms with Gasteiger partial charge < -0.3 is 4.74 Å². The first-order valence-corrected chi connectivity index (χ1v) is 6.04. The summed E-state index contributed by atoms with van der Waals surface area (Å²) in [5.74, 6) is -0.470. The molecule has 1 heterocycles. The Balaban J connectivity index is 2.67. The largest absolute Gasteiger partial charge is 0.492 e. The average Bonchev–Trinajstić information content (AvgIpc) is 2.32. The molecule has 1 aliphatic heterocycles. The minimum atomic E-state index is -0.420. The van der Waals surface area contributed by atoms with Crippen LogP contribution in [-0.4, -0.2) is 24.2 Å². The number of hydrogen-bond acceptors (Lipinski definition) is 4. The van der Waals surface area contributed by atoms with Gasteiger partial charge in [-0.3, -0.25) is 19.3 Å². The highest BCUT2D eigenvalue weighted by atomic mass is 16.5. The summed E-state index contributed by atoms with van der Waals surface area (Å²) in [5, 5.41) is 0. The second-order valence-corrected chi connectivity index (χ2v) is 4.50. The van der Waals surface area contributed by atoms with Crippen molar-refractivity contribution >= 4 is 23.3 Å². The zero-order valence-corrected chi connectivity index (χ0v) is 11.1. The van der Waals surface area contributed by atoms with Crippen LogP contribution < -0.4 is 9.64 Å². The Morgan fingerprint density at radius 2 is 1.84 bits per heavy atom. The van der Waals surface area contributed by atoms with Crippen molar-refractivity contribution in [2.24, 2.45) is 0 Å². The van der Waals surface area contributed by atoms with Crippen molar-refractivity contribution in [3.8, 4) is 5.75 Å². The number of amides is 2. The highest BCUT2D eigenvalue weighted by Gasteiger charge is 2.29. The fourth-order valence-electron chi connectivity index (χ4n) is 2.25. The first-order chi connectivity index (χ1) is 8.93. The molecule has 0 saturated carbocycles. The first kappa shape index (κ1) is 13.3. The van der Waals surface area contributed by atoms with Crippen LogP contribution in [0, 0.1) is 6.92 Å². The summed E-state index contributed by atoms with van der Waals surface area (Å²) < 4.78 is 5.50. The Bertz CT molecular complexity index is 563. The minimum absolute atomic E-state index is 0.104. The molecule has 0 spiro atoms. The maximum Gasteiger partial charge on any atom is 0.230 e. The summed E-state index contributed by atoms with van der Waals surface area (Å²) >= 11 is 0. The van der Waals surface area contributed by atoms with E-state index in [9.17, 15) is 14.4 Å². The molecule has 0 aromatic heterocycles. The van der Waals surface area contributed by atoms with E-state index in [-0.39, 0.29) is 12.2 Å². The van der Waals surface area contributed by atoms with E-state index in [0.717, 1.165) is 10.5 Å². The molecule has 0 atom stereocenters. The molecule has 100 valence electrons. The zero-order chi connectivity index (χ0) is 14.2. The molecule has 1 aliphatic rings. The van der Waals surface area contributed by atoms with E-state index in [2.05, 4.69) is 0 Å². The lowest BCUT2D eigenvalue weighted by Crippen LogP contribution is -2.35. The Labute approximate surface area is 111 Å². The van der Waals surface area contributed by atoms with Crippen LogP contribution >= 0.6 is 0 Å². The summed E-state index contributed by atoms with van der Waals surface area (Å²) in [6.45, 7) is 4.74. The van der Waals surface area contributed by atoms with Crippen molar-refractivity contribution < 1.29 is 19.1 Å². The lowest BCUT2D eigenvalue weighted by molar-refractivity contribution is -0.124. The molecule has 2 rings (SSSR count). The van der Waals surface area contributed by atoms with Gasteiger partial charge in [0.2, 0.25) is 11.8 Å². The quantitative estimate of drug-likeness (QED) is 0.774. The third-order valence-electron chi connectivity index (χ3n) is 3.06. The van der Waals surface area contributed by atoms with E-state index in [1.165, 1.54) is 13.8 Å². The number of carbonyl (C=O) groups is 3. The highest BCUT2D eigenvalue weighted by molar-refractivity contribution is 6.18. The molecular weight excluding hydrogens is 246 g/mol. The van der Waals surface area contributed by atoms with E-state index in [1.807, 2.05) is 6.92 Å². The summed E-state index contributed by atoms with van der Waals surface area (Å²) in [7, 11) is 0. The molecule has 19 heavy (non-hydrogen) atoms. The van der Waals surface area contributed by atoms with Gasteiger partial charge in [-0.25, -0.2) is 0 Å². The average molecular weight is 261 g/mol. The normalized spacial score (nSPS) is 13.5. The fourth-order valence-corrected chi connectivity index (χ4v) is 2.25. The monoisotopic (exact) mass is 261 g/mol. The highest BCUT2D eigenvalue weighted by Crippen LogP contribution is 2.36. The number of ketones is 1. The van der Waals surface area contributed by atoms with Crippen molar-refractivity contribution in [2.75, 3.05) is 11.5 Å². The Morgan fingerprint density at radius 3 is 2.42 bits per heavy atom. The Hall–Kier alpha value is -2.17. The molecule has 0 fully saturated rings. The summed E-state index contributed by atoms with van der Waals surface area (Å²) in [6, 6.07) is 3.36. The maximum atomic E-state index is 12.1. The number of nitrogens with zero attached hydrogens (tertiary/aromatic N) is 1. The predicted molar refractivity (Wildman–Crippen MR) is 69.5 cm³/mol. The van der Waals surface area contributed by atoms with Gasteiger partial charge >= 0.3 is 0 Å². The van der Waals surface area contributed by atoms with Gasteiger partial charge in [-0.1, -0.05) is 6.07 Å². The second-order valence-electron chi connectivity index (χ2n) is 4.50. The Kier molecular flexibility index (Phi) is 3.38. The lowest BCUT2D eigenvalue weighted by atomic mass is 9.98. The number of Topliss-reactive ketones (excluding diaryl/α,β-unsaturated/α-hetero) is 1. The maximum absolute atomic E-state index is 12.1. The standard InChI is InChI=1S/C14H15NO4/c1-8-4-5-11(15(9(2)16)10(3)17)13-12(18)6-7-19-14(8)13/h4-5H,6-7H2,1-3H3. The second kappa shape index (κ2) is 4.84. The summed E-state index contributed by atoms with van der Waals surface area (Å²) in [4.78, 5) is 36.3. The molecule has 1 aromatic rings. The number of anilines is 1. The van der Waals surface area contributed by atoms with Crippen molar-refractivity contribution in [1.29, 1.82) is 0 Å². The van der Waals surface area contributed by atoms with E-state index in [4.69, 9.17) is 4.74 Å². The molecule has 5 nitrogen and oxygen atoms in total. The van der Waals surface area contributed by atoms with Crippen LogP contribution in [0.15, 0.2) is 12.1 Å². The van der Waals surface area contributed by atoms with Gasteiger partial charge in [-0.05, 0) is 18.6 Å². The number of ether oxygens (including phenoxy) is 1. The van der Waals surface area contributed by atoms with Gasteiger partial charge in [0.05, 0.1) is 17.9 Å². The SMILES string of the molecule is CC(=O)N(C(C)=O)c1ccc(C)c2c1C(=O)CCO2. The van der Waals surface area contributed by atoms with Crippen LogP contribution in [0.5, 0.6) is 5.75 Å². The van der Waals surface area contributed by atoms with Crippen LogP contribution in [0.25, 0.3) is 0 Å². The molecule has 5 heteroatoms. The molecule has 2 amide bonds. The molecule has 0 unspecified atom stereocenters. The predicted octanol–water partition coefficient (Wildman–Crippen LogP) is 1.86. The van der Waals surface area contributed by atoms with Crippen LogP contribution in [0.3, 0.4) is 0 Å². The smallest absolute Gasteiger partial charge is 0.230 e. The zero-order valence-electron chi connectivity index (χ0n) is 11.1. The molecule has 0 N–H and O–H groups in total. The molecule has 0 bridgehead atoms. The molecule has 1 aromatic carbocycles. The number of fused-ring (bicyclic) bond motifs is 1. The van der Waals surface area contributed by atoms with Crippen molar-refractivity contribution in [2.45, 2.75) is 27.2 Å². The summed E-state index contributed by atoms with van der Waals surface area (Å²) in [5.41, 5.74) is 1.46. The van der Waals surface area contributed by atoms with Crippen molar-refractivity contribution in [3.63, 3.8) is 0 Å². The van der Waals surface area contributed by atoms with E-state index in [0.29, 0.717) is 23.6 Å². The van der Waals surface area contributed by atoms with Gasteiger partial charge in [-0.2, -0.15) is 0 Å². The van der Waals surface area contributed by atoms with Gasteiger partial charge in [0.15, 0.2) is 5.78 Å². The number of benzene rings is 1. The van der Waals surface area contributed by atoms with Crippen molar-refractivity contribution in [1.82, 2.24) is 0 Å². The van der Waals surface area contributed by atoms with E-state index >= 15 is 0 Å². The van der Waals surface area contributed by atoms with Gasteiger partial charge in [0.25, 0.3) is 0 Å². The van der Waals surface area contributed by atoms with Crippen LogP contribution in [0.4, 0.5) is 5.69 Å². The number of aryl methyl sites for hydroxylation is 1. The van der Waals surface area contributed by atoms with Gasteiger partial charge in [-0.15, -0.1) is 0 Å². The third kappa shape index (κ3) is 2.23. The fraction of sp³-hybridized carbons (Fsp3) is 0.357. The third-order valence-corrected chi connectivity index (χ3v) is 3.06. The number of imide groups is 1. The number of hydrogen-bond donors (Lipinski definition) is 0. The lowest BCUT2D eigenvalue weighted by Gasteiger charge is -2.25. The number of carbonyl (C=O) groups excluding carboxylic acids is 3. The van der Waals surface area contributed by atoms with E-state index < -0.39 is 11.8 Å². The number of rotatable bonds is 1. The molecule has 0 aliphatic carbocycles. The van der Waals surface area contributed by atoms with Crippen LogP contribution in [0.1, 0.15) is 36.2 Å². The summed E-state index contributed by atoms with van der Waals surface area (Å²) in [6.07, 6.45) is 0.257. The topological polar surface area (TPSA) is 63.7 Å².